The number of ether oxygens (including phenoxy) is 1. The fourth-order valence-electron chi connectivity index (χ4n) is 3.27. The first-order chi connectivity index (χ1) is 14.1. The summed E-state index contributed by atoms with van der Waals surface area (Å²) < 4.78 is 44.9. The lowest BCUT2D eigenvalue weighted by atomic mass is 9.98. The molecule has 7 nitrogen and oxygen atoms in total. The molecular formula is C18H20ClF3N4O3S. The van der Waals surface area contributed by atoms with E-state index in [-0.39, 0.29) is 36.4 Å². The summed E-state index contributed by atoms with van der Waals surface area (Å²) in [6, 6.07) is 0. The molecule has 1 saturated heterocycles. The van der Waals surface area contributed by atoms with Gasteiger partial charge in [0, 0.05) is 24.4 Å². The van der Waals surface area contributed by atoms with Crippen LogP contribution in [0.3, 0.4) is 0 Å². The van der Waals surface area contributed by atoms with Crippen LogP contribution in [0.1, 0.15) is 52.6 Å². The van der Waals surface area contributed by atoms with Gasteiger partial charge in [0.05, 0.1) is 22.3 Å². The van der Waals surface area contributed by atoms with Crippen LogP contribution in [0.5, 0.6) is 0 Å². The number of carbonyl (C=O) groups is 2. The van der Waals surface area contributed by atoms with Gasteiger partial charge in [-0.15, -0.1) is 11.3 Å². The predicted molar refractivity (Wildman–Crippen MR) is 104 cm³/mol. The number of piperidine rings is 1. The van der Waals surface area contributed by atoms with Crippen molar-refractivity contribution >= 4 is 34.8 Å². The number of carbonyl (C=O) groups excluding carboxylic acids is 2. The van der Waals surface area contributed by atoms with Crippen LogP contribution in [0, 0.1) is 6.92 Å². The molecular weight excluding hydrogens is 445 g/mol. The van der Waals surface area contributed by atoms with E-state index in [1.807, 2.05) is 0 Å². The Kier molecular flexibility index (Phi) is 6.71. The molecule has 3 heterocycles. The Labute approximate surface area is 179 Å². The second-order valence-corrected chi connectivity index (χ2v) is 8.14. The Morgan fingerprint density at radius 2 is 2.13 bits per heavy atom. The van der Waals surface area contributed by atoms with E-state index >= 15 is 0 Å². The average Bonchev–Trinajstić information content (AvgIpc) is 3.29. The number of esters is 1. The van der Waals surface area contributed by atoms with Gasteiger partial charge in [-0.3, -0.25) is 9.48 Å². The molecule has 1 aliphatic heterocycles. The van der Waals surface area contributed by atoms with Gasteiger partial charge < -0.3 is 9.64 Å². The van der Waals surface area contributed by atoms with Crippen molar-refractivity contribution in [3.8, 4) is 0 Å². The Morgan fingerprint density at radius 1 is 1.40 bits per heavy atom. The molecule has 1 unspecified atom stereocenters. The van der Waals surface area contributed by atoms with Gasteiger partial charge in [-0.25, -0.2) is 9.78 Å². The van der Waals surface area contributed by atoms with E-state index in [2.05, 4.69) is 10.1 Å². The number of amides is 1. The lowest BCUT2D eigenvalue weighted by Crippen LogP contribution is -2.41. The summed E-state index contributed by atoms with van der Waals surface area (Å²) in [6.07, 6.45) is -3.17. The van der Waals surface area contributed by atoms with Gasteiger partial charge >= 0.3 is 12.1 Å². The fraction of sp³-hybridized carbons (Fsp3) is 0.556. The standard InChI is InChI=1S/C18H20ClF3N4O3S/c1-3-29-17(28)12-9-30-16(23-12)11-5-4-6-25(7-11)13(27)8-26-10(2)14(19)15(24-26)18(20,21)22/h9,11H,3-8H2,1-2H3. The van der Waals surface area contributed by atoms with E-state index < -0.39 is 22.9 Å². The number of hydrogen-bond donors (Lipinski definition) is 0. The summed E-state index contributed by atoms with van der Waals surface area (Å²) in [5, 5.41) is 5.34. The van der Waals surface area contributed by atoms with Crippen molar-refractivity contribution in [2.75, 3.05) is 19.7 Å². The minimum Gasteiger partial charge on any atom is -0.461 e. The molecule has 1 fully saturated rings. The topological polar surface area (TPSA) is 77.3 Å². The quantitative estimate of drug-likeness (QED) is 0.627. The van der Waals surface area contributed by atoms with Gasteiger partial charge in [-0.2, -0.15) is 18.3 Å². The zero-order valence-corrected chi connectivity index (χ0v) is 17.9. The number of alkyl halides is 3. The number of rotatable bonds is 5. The molecule has 1 atom stereocenters. The first-order valence-corrected chi connectivity index (χ1v) is 10.6. The van der Waals surface area contributed by atoms with Gasteiger partial charge in [-0.1, -0.05) is 11.6 Å². The maximum absolute atomic E-state index is 13.0. The first kappa shape index (κ1) is 22.5. The Morgan fingerprint density at radius 3 is 2.77 bits per heavy atom. The number of aromatic nitrogens is 3. The molecule has 2 aromatic heterocycles. The first-order valence-electron chi connectivity index (χ1n) is 9.32. The molecule has 0 radical (unpaired) electrons. The fourth-order valence-corrected chi connectivity index (χ4v) is 4.43. The van der Waals surface area contributed by atoms with Crippen LogP contribution in [0.15, 0.2) is 5.38 Å². The number of thiazole rings is 1. The molecule has 164 valence electrons. The summed E-state index contributed by atoms with van der Waals surface area (Å²) in [6.45, 7) is 3.89. The highest BCUT2D eigenvalue weighted by Crippen LogP contribution is 2.35. The average molecular weight is 465 g/mol. The van der Waals surface area contributed by atoms with Crippen molar-refractivity contribution in [3.05, 3.63) is 32.5 Å². The summed E-state index contributed by atoms with van der Waals surface area (Å²) in [5.74, 6) is -0.892. The highest BCUT2D eigenvalue weighted by atomic mass is 35.5. The maximum Gasteiger partial charge on any atom is 0.436 e. The zero-order chi connectivity index (χ0) is 22.1. The minimum atomic E-state index is -4.69. The Balaban J connectivity index is 1.69. The second-order valence-electron chi connectivity index (χ2n) is 6.87. The molecule has 2 aromatic rings. The Bertz CT molecular complexity index is 944. The normalized spacial score (nSPS) is 17.3. The van der Waals surface area contributed by atoms with Crippen LogP contribution in [-0.4, -0.2) is 51.2 Å². The van der Waals surface area contributed by atoms with Crippen LogP contribution in [0.4, 0.5) is 13.2 Å². The molecule has 12 heteroatoms. The summed E-state index contributed by atoms with van der Waals surface area (Å²) in [4.78, 5) is 30.4. The molecule has 0 spiro atoms. The molecule has 1 aliphatic rings. The molecule has 1 amide bonds. The number of likely N-dealkylation sites (tertiary alicyclic amines) is 1. The number of halogens is 4. The second kappa shape index (κ2) is 8.93. The van der Waals surface area contributed by atoms with Gasteiger partial charge in [0.1, 0.15) is 6.54 Å². The molecule has 30 heavy (non-hydrogen) atoms. The lowest BCUT2D eigenvalue weighted by molar-refractivity contribution is -0.142. The van der Waals surface area contributed by atoms with E-state index in [1.165, 1.54) is 18.3 Å². The van der Waals surface area contributed by atoms with E-state index in [0.29, 0.717) is 13.1 Å². The smallest absolute Gasteiger partial charge is 0.436 e. The van der Waals surface area contributed by atoms with E-state index in [9.17, 15) is 22.8 Å². The number of hydrogen-bond acceptors (Lipinski definition) is 6. The molecule has 0 saturated carbocycles. The zero-order valence-electron chi connectivity index (χ0n) is 16.3. The third-order valence-corrected chi connectivity index (χ3v) is 6.28. The SMILES string of the molecule is CCOC(=O)c1csc(C2CCCN(C(=O)Cn3nc(C(F)(F)F)c(Cl)c3C)C2)n1. The highest BCUT2D eigenvalue weighted by Gasteiger charge is 2.38. The van der Waals surface area contributed by atoms with Crippen LogP contribution < -0.4 is 0 Å². The molecule has 0 bridgehead atoms. The van der Waals surface area contributed by atoms with Gasteiger partial charge in [0.15, 0.2) is 11.4 Å². The van der Waals surface area contributed by atoms with Crippen LogP contribution >= 0.6 is 22.9 Å². The van der Waals surface area contributed by atoms with E-state index in [1.54, 1.807) is 17.2 Å². The number of nitrogens with zero attached hydrogens (tertiary/aromatic N) is 4. The van der Waals surface area contributed by atoms with Gasteiger partial charge in [0.2, 0.25) is 5.91 Å². The third kappa shape index (κ3) is 4.77. The van der Waals surface area contributed by atoms with Crippen LogP contribution in [-0.2, 0) is 22.3 Å². The maximum atomic E-state index is 13.0. The molecule has 0 N–H and O–H groups in total. The molecule has 0 aromatic carbocycles. The minimum absolute atomic E-state index is 0.0519. The summed E-state index contributed by atoms with van der Waals surface area (Å²) >= 11 is 7.08. The van der Waals surface area contributed by atoms with Crippen molar-refractivity contribution in [2.24, 2.45) is 0 Å². The monoisotopic (exact) mass is 464 g/mol. The van der Waals surface area contributed by atoms with Crippen molar-refractivity contribution in [1.82, 2.24) is 19.7 Å². The van der Waals surface area contributed by atoms with Crippen molar-refractivity contribution in [2.45, 2.75) is 45.3 Å². The summed E-state index contributed by atoms with van der Waals surface area (Å²) in [5.41, 5.74) is -0.869. The van der Waals surface area contributed by atoms with Crippen LogP contribution in [0.25, 0.3) is 0 Å². The van der Waals surface area contributed by atoms with Gasteiger partial charge in [0.25, 0.3) is 0 Å². The third-order valence-electron chi connectivity index (χ3n) is 4.82. The van der Waals surface area contributed by atoms with Crippen molar-refractivity contribution in [3.63, 3.8) is 0 Å². The van der Waals surface area contributed by atoms with Crippen molar-refractivity contribution in [1.29, 1.82) is 0 Å². The highest BCUT2D eigenvalue weighted by molar-refractivity contribution is 7.09. The van der Waals surface area contributed by atoms with E-state index in [4.69, 9.17) is 16.3 Å². The van der Waals surface area contributed by atoms with Gasteiger partial charge in [-0.05, 0) is 26.7 Å². The van der Waals surface area contributed by atoms with E-state index in [0.717, 1.165) is 22.5 Å². The molecule has 0 aliphatic carbocycles. The van der Waals surface area contributed by atoms with Crippen molar-refractivity contribution < 1.29 is 27.5 Å². The lowest BCUT2D eigenvalue weighted by Gasteiger charge is -2.32. The molecule has 3 rings (SSSR count). The Hall–Kier alpha value is -2.14. The predicted octanol–water partition coefficient (Wildman–Crippen LogP) is 3.90. The summed E-state index contributed by atoms with van der Waals surface area (Å²) in [7, 11) is 0. The van der Waals surface area contributed by atoms with Crippen LogP contribution in [0.2, 0.25) is 5.02 Å². The largest absolute Gasteiger partial charge is 0.461 e.